The number of nitrogens with zero attached hydrogens (tertiary/aromatic N) is 1. The Bertz CT molecular complexity index is 1180. The number of amides is 1. The number of rotatable bonds is 4. The number of halogens is 7. The Morgan fingerprint density at radius 3 is 2.06 bits per heavy atom. The Balaban J connectivity index is 1.88. The molecule has 176 valence electrons. The summed E-state index contributed by atoms with van der Waals surface area (Å²) in [6, 6.07) is 8.72. The van der Waals surface area contributed by atoms with Gasteiger partial charge in [0.25, 0.3) is 0 Å². The van der Waals surface area contributed by atoms with Crippen LogP contribution in [0.5, 0.6) is 0 Å². The van der Waals surface area contributed by atoms with Gasteiger partial charge in [-0.15, -0.1) is 0 Å². The molecule has 0 aliphatic carbocycles. The highest BCUT2D eigenvalue weighted by molar-refractivity contribution is 5.94. The molecule has 0 atom stereocenters. The number of carbonyl (C=O) groups is 1. The van der Waals surface area contributed by atoms with Gasteiger partial charge in [-0.2, -0.15) is 31.1 Å². The number of hydrogen-bond acceptors (Lipinski definition) is 2. The topological polar surface area (TPSA) is 56.0 Å². The largest absolute Gasteiger partial charge is 0.618 e. The van der Waals surface area contributed by atoms with E-state index in [1.165, 1.54) is 32.2 Å². The van der Waals surface area contributed by atoms with E-state index < -0.39 is 29.5 Å². The molecule has 11 heteroatoms. The van der Waals surface area contributed by atoms with E-state index in [2.05, 4.69) is 5.32 Å². The van der Waals surface area contributed by atoms with Crippen molar-refractivity contribution in [3.63, 3.8) is 0 Å². The molecule has 1 N–H and O–H groups in total. The van der Waals surface area contributed by atoms with Crippen molar-refractivity contribution in [2.75, 3.05) is 5.32 Å². The summed E-state index contributed by atoms with van der Waals surface area (Å²) >= 11 is 0. The molecule has 1 aromatic heterocycles. The van der Waals surface area contributed by atoms with Gasteiger partial charge in [0.05, 0.1) is 6.42 Å². The van der Waals surface area contributed by atoms with Gasteiger partial charge in [0.1, 0.15) is 0 Å². The number of hydrogen-bond donors (Lipinski definition) is 1. The zero-order valence-electron chi connectivity index (χ0n) is 17.2. The highest BCUT2D eigenvalue weighted by atomic mass is 19.4. The maximum absolute atomic E-state index is 14.4. The van der Waals surface area contributed by atoms with E-state index in [-0.39, 0.29) is 23.2 Å². The summed E-state index contributed by atoms with van der Waals surface area (Å²) in [7, 11) is 0. The van der Waals surface area contributed by atoms with Gasteiger partial charge in [-0.3, -0.25) is 4.79 Å². The molecule has 1 amide bonds. The predicted molar refractivity (Wildman–Crippen MR) is 106 cm³/mol. The monoisotopic (exact) mass is 474 g/mol. The second-order valence-electron chi connectivity index (χ2n) is 7.59. The van der Waals surface area contributed by atoms with E-state index in [1.807, 2.05) is 0 Å². The van der Waals surface area contributed by atoms with Gasteiger partial charge in [0, 0.05) is 28.8 Å². The van der Waals surface area contributed by atoms with Gasteiger partial charge < -0.3 is 10.5 Å². The zero-order chi connectivity index (χ0) is 24.8. The minimum Gasteiger partial charge on any atom is -0.618 e. The number of anilines is 1. The van der Waals surface area contributed by atoms with Crippen LogP contribution >= 0.6 is 0 Å². The molecule has 0 spiro atoms. The minimum absolute atomic E-state index is 0.0198. The Morgan fingerprint density at radius 1 is 0.939 bits per heavy atom. The van der Waals surface area contributed by atoms with Crippen LogP contribution in [-0.2, 0) is 16.9 Å². The van der Waals surface area contributed by atoms with E-state index in [0.29, 0.717) is 33.3 Å². The SMILES string of the molecule is Cc1cc(C(F)(C(F)(F)F)C(F)(F)F)cc(C)c1NC(=O)Cc1ccc2c(ccc[n+]2[O-])c1. The summed E-state index contributed by atoms with van der Waals surface area (Å²) in [4.78, 5) is 12.5. The van der Waals surface area contributed by atoms with E-state index in [9.17, 15) is 40.7 Å². The zero-order valence-corrected chi connectivity index (χ0v) is 17.2. The Morgan fingerprint density at radius 2 is 1.52 bits per heavy atom. The fourth-order valence-corrected chi connectivity index (χ4v) is 3.57. The summed E-state index contributed by atoms with van der Waals surface area (Å²) in [6.07, 6.45) is -11.3. The van der Waals surface area contributed by atoms with Crippen molar-refractivity contribution in [3.05, 3.63) is 76.1 Å². The van der Waals surface area contributed by atoms with Gasteiger partial charge in [-0.1, -0.05) is 18.2 Å². The fraction of sp³-hybridized carbons (Fsp3) is 0.273. The maximum Gasteiger partial charge on any atom is 0.435 e. The Hall–Kier alpha value is -3.37. The first-order chi connectivity index (χ1) is 15.1. The number of nitrogens with one attached hydrogen (secondary N) is 1. The summed E-state index contributed by atoms with van der Waals surface area (Å²) in [6.45, 7) is 2.34. The molecule has 0 bridgehead atoms. The number of pyridine rings is 1. The van der Waals surface area contributed by atoms with E-state index in [0.717, 1.165) is 0 Å². The molecular weight excluding hydrogens is 457 g/mol. The summed E-state index contributed by atoms with van der Waals surface area (Å²) in [5, 5.41) is 14.7. The molecule has 0 saturated carbocycles. The number of alkyl halides is 7. The van der Waals surface area contributed by atoms with Crippen LogP contribution in [0, 0.1) is 19.1 Å². The number of aryl methyl sites for hydroxylation is 2. The number of aromatic nitrogens is 1. The lowest BCUT2D eigenvalue weighted by atomic mass is 9.90. The second-order valence-corrected chi connectivity index (χ2v) is 7.59. The first-order valence-corrected chi connectivity index (χ1v) is 9.50. The smallest absolute Gasteiger partial charge is 0.435 e. The lowest BCUT2D eigenvalue weighted by molar-refractivity contribution is -0.577. The van der Waals surface area contributed by atoms with Crippen LogP contribution in [0.15, 0.2) is 48.7 Å². The summed E-state index contributed by atoms with van der Waals surface area (Å²) < 4.78 is 93.3. The first-order valence-electron chi connectivity index (χ1n) is 9.50. The van der Waals surface area contributed by atoms with Gasteiger partial charge in [-0.25, -0.2) is 4.39 Å². The van der Waals surface area contributed by atoms with Crippen LogP contribution in [0.3, 0.4) is 0 Å². The van der Waals surface area contributed by atoms with Gasteiger partial charge >= 0.3 is 18.0 Å². The molecule has 3 rings (SSSR count). The molecule has 3 aromatic rings. The van der Waals surface area contributed by atoms with Crippen molar-refractivity contribution in [2.24, 2.45) is 0 Å². The number of fused-ring (bicyclic) bond motifs is 1. The van der Waals surface area contributed by atoms with Crippen LogP contribution in [0.2, 0.25) is 0 Å². The minimum atomic E-state index is -6.23. The predicted octanol–water partition coefficient (Wildman–Crippen LogP) is 5.56. The summed E-state index contributed by atoms with van der Waals surface area (Å²) in [5.41, 5.74) is -6.62. The van der Waals surface area contributed by atoms with Crippen molar-refractivity contribution in [1.82, 2.24) is 0 Å². The van der Waals surface area contributed by atoms with Crippen LogP contribution in [0.4, 0.5) is 36.4 Å². The van der Waals surface area contributed by atoms with Gasteiger partial charge in [-0.05, 0) is 42.7 Å². The molecule has 0 aliphatic heterocycles. The van der Waals surface area contributed by atoms with Crippen molar-refractivity contribution in [1.29, 1.82) is 0 Å². The molecule has 0 saturated heterocycles. The van der Waals surface area contributed by atoms with Crippen molar-refractivity contribution < 1.29 is 40.3 Å². The van der Waals surface area contributed by atoms with Crippen molar-refractivity contribution in [3.8, 4) is 0 Å². The Labute approximate surface area is 183 Å². The van der Waals surface area contributed by atoms with Crippen LogP contribution in [0.25, 0.3) is 10.9 Å². The fourth-order valence-electron chi connectivity index (χ4n) is 3.57. The molecule has 2 aromatic carbocycles. The third-order valence-electron chi connectivity index (χ3n) is 5.17. The highest BCUT2D eigenvalue weighted by Gasteiger charge is 2.73. The maximum atomic E-state index is 14.4. The average Bonchev–Trinajstić information content (AvgIpc) is 2.68. The molecule has 1 heterocycles. The second kappa shape index (κ2) is 8.20. The molecule has 0 unspecified atom stereocenters. The summed E-state index contributed by atoms with van der Waals surface area (Å²) in [5.74, 6) is -0.600. The lowest BCUT2D eigenvalue weighted by Crippen LogP contribution is -2.50. The Kier molecular flexibility index (Phi) is 6.03. The van der Waals surface area contributed by atoms with Gasteiger partial charge in [0.15, 0.2) is 6.20 Å². The van der Waals surface area contributed by atoms with Crippen LogP contribution < -0.4 is 10.0 Å². The molecule has 33 heavy (non-hydrogen) atoms. The molecule has 4 nitrogen and oxygen atoms in total. The highest BCUT2D eigenvalue weighted by Crippen LogP contribution is 2.53. The quantitative estimate of drug-likeness (QED) is 0.306. The van der Waals surface area contributed by atoms with E-state index in [1.54, 1.807) is 18.2 Å². The standard InChI is InChI=1S/C22H17F7N2O2/c1-12-8-16(20(23,21(24,25)26)22(27,28)29)9-13(2)19(12)30-18(32)11-14-5-6-17-15(10-14)4-3-7-31(17)33/h3-10H,11H2,1-2H3,(H,30,32). The van der Waals surface area contributed by atoms with Crippen molar-refractivity contribution in [2.45, 2.75) is 38.3 Å². The normalized spacial score (nSPS) is 12.8. The van der Waals surface area contributed by atoms with Crippen LogP contribution in [-0.4, -0.2) is 18.3 Å². The molecule has 0 aliphatic rings. The molecular formula is C22H17F7N2O2. The van der Waals surface area contributed by atoms with Gasteiger partial charge in [0.2, 0.25) is 11.4 Å². The lowest BCUT2D eigenvalue weighted by Gasteiger charge is -2.31. The van der Waals surface area contributed by atoms with Crippen molar-refractivity contribution >= 4 is 22.5 Å². The van der Waals surface area contributed by atoms with E-state index in [4.69, 9.17) is 0 Å². The van der Waals surface area contributed by atoms with E-state index >= 15 is 0 Å². The molecule has 0 radical (unpaired) electrons. The number of benzene rings is 2. The first kappa shape index (κ1) is 24.3. The average molecular weight is 474 g/mol. The third kappa shape index (κ3) is 4.44. The number of carbonyl (C=O) groups excluding carboxylic acids is 1. The molecule has 0 fully saturated rings. The van der Waals surface area contributed by atoms with Crippen LogP contribution in [0.1, 0.15) is 22.3 Å². The third-order valence-corrected chi connectivity index (χ3v) is 5.17.